The third kappa shape index (κ3) is 10.2. The third-order valence-electron chi connectivity index (χ3n) is 13.4. The van der Waals surface area contributed by atoms with Crippen LogP contribution < -0.4 is 5.73 Å². The van der Waals surface area contributed by atoms with Gasteiger partial charge in [-0.2, -0.15) is 0 Å². The fraction of sp³-hybridized carbons (Fsp3) is 0.878. The van der Waals surface area contributed by atoms with E-state index < -0.39 is 97.1 Å². The van der Waals surface area contributed by atoms with E-state index in [9.17, 15) is 19.2 Å². The number of ketones is 2. The first-order valence-corrected chi connectivity index (χ1v) is 25.2. The lowest BCUT2D eigenvalue weighted by Crippen LogP contribution is -2.62. The number of fused-ring (bicyclic) bond motifs is 1. The summed E-state index contributed by atoms with van der Waals surface area (Å²) < 4.78 is 55.8. The summed E-state index contributed by atoms with van der Waals surface area (Å²) in [6, 6.07) is 2.48. The maximum Gasteiger partial charge on any atom is 0.351 e. The second kappa shape index (κ2) is 20.2. The molecule has 0 amide bonds. The fourth-order valence-corrected chi connectivity index (χ4v) is 12.6. The topological polar surface area (TPSA) is 175 Å². The molecule has 14 nitrogen and oxygen atoms in total. The van der Waals surface area contributed by atoms with Crippen LogP contribution in [0.5, 0.6) is 0 Å². The van der Waals surface area contributed by atoms with Crippen LogP contribution in [0.4, 0.5) is 4.39 Å². The van der Waals surface area contributed by atoms with E-state index in [1.807, 2.05) is 27.7 Å². The minimum atomic E-state index is -3.18. The quantitative estimate of drug-likeness (QED) is 0.0323. The van der Waals surface area contributed by atoms with Crippen LogP contribution in [0.3, 0.4) is 0 Å². The Morgan fingerprint density at radius 1 is 1.02 bits per heavy atom. The van der Waals surface area contributed by atoms with Crippen molar-refractivity contribution in [1.82, 2.24) is 4.90 Å². The highest BCUT2D eigenvalue weighted by molar-refractivity contribution is 7.36. The zero-order valence-electron chi connectivity index (χ0n) is 37.6. The predicted octanol–water partition coefficient (Wildman–Crippen LogP) is 5.83. The van der Waals surface area contributed by atoms with E-state index >= 15 is 4.39 Å². The van der Waals surface area contributed by atoms with E-state index in [2.05, 4.69) is 30.8 Å². The number of likely N-dealkylation sites (N-methyl/N-ethyl adjacent to an activating group) is 1. The number of alkyl halides is 1. The molecule has 0 bridgehead atoms. The second-order valence-corrected chi connectivity index (χ2v) is 23.2. The van der Waals surface area contributed by atoms with Gasteiger partial charge in [0.25, 0.3) is 5.67 Å². The molecular formula is C41H73FN3O11PSi. The molecule has 3 rings (SSSR count). The number of nitrogens with two attached hydrogens (primary N) is 1. The summed E-state index contributed by atoms with van der Waals surface area (Å²) >= 11 is 0. The van der Waals surface area contributed by atoms with E-state index in [0.717, 1.165) is 25.1 Å². The number of Topliss-reactive ketones (excluding diaryl/α,β-unsaturated/α-hetero) is 2. The molecule has 3 fully saturated rings. The first kappa shape index (κ1) is 50.3. The number of hydrogen-bond acceptors (Lipinski definition) is 13. The highest BCUT2D eigenvalue weighted by atomic mass is 31.1. The molecule has 0 aromatic heterocycles. The van der Waals surface area contributed by atoms with Crippen molar-refractivity contribution in [3.05, 3.63) is 0 Å². The Hall–Kier alpha value is -2.07. The van der Waals surface area contributed by atoms with Gasteiger partial charge in [0.15, 0.2) is 31.8 Å². The molecule has 0 saturated carbocycles. The maximum atomic E-state index is 17.1. The number of ether oxygens (including phenoxy) is 5. The lowest BCUT2D eigenvalue weighted by Gasteiger charge is -2.50. The molecule has 2 N–H and O–H groups in total. The van der Waals surface area contributed by atoms with Crippen LogP contribution in [0.1, 0.15) is 95.4 Å². The summed E-state index contributed by atoms with van der Waals surface area (Å²) in [5.41, 5.74) is 0.121. The molecule has 0 radical (unpaired) electrons. The van der Waals surface area contributed by atoms with Crippen LogP contribution in [0.2, 0.25) is 18.1 Å². The van der Waals surface area contributed by atoms with E-state index in [1.165, 1.54) is 14.0 Å². The Kier molecular flexibility index (Phi) is 17.5. The van der Waals surface area contributed by atoms with Crippen molar-refractivity contribution in [1.29, 1.82) is 0 Å². The van der Waals surface area contributed by atoms with Gasteiger partial charge in [-0.3, -0.25) is 14.4 Å². The first-order valence-electron chi connectivity index (χ1n) is 21.0. The number of oxime groups is 1. The SMILES string of the molecule is CC[C@@H]1OC(=O)[C@@](C)(F)C(=O)[C@H](C)[C@@H](OC2O[C@H](C)C[C@H](N(C)C)[C@H]2O[Si](CC)(CC)CC)[C@](C)(OC)C[C@@H](C)C(=O)[C@H](C)[C@H]2[C@H](/C(N)=N/OCPC)C(=O)O[C@]21C. The van der Waals surface area contributed by atoms with Crippen molar-refractivity contribution in [2.24, 2.45) is 40.5 Å². The van der Waals surface area contributed by atoms with Gasteiger partial charge in [-0.05, 0) is 85.8 Å². The highest BCUT2D eigenvalue weighted by Crippen LogP contribution is 2.48. The van der Waals surface area contributed by atoms with Gasteiger partial charge < -0.3 is 43.6 Å². The number of carbonyl (C=O) groups excluding carboxylic acids is 4. The molecule has 17 heteroatoms. The van der Waals surface area contributed by atoms with Gasteiger partial charge in [0, 0.05) is 36.8 Å². The lowest BCUT2D eigenvalue weighted by molar-refractivity contribution is -0.292. The number of hydrogen-bond donors (Lipinski definition) is 1. The Morgan fingerprint density at radius 2 is 1.62 bits per heavy atom. The van der Waals surface area contributed by atoms with Crippen LogP contribution in [-0.4, -0.2) is 130 Å². The normalized spacial score (nSPS) is 40.1. The number of esters is 2. The number of methoxy groups -OCH3 is 1. The van der Waals surface area contributed by atoms with Crippen molar-refractivity contribution in [3.8, 4) is 0 Å². The third-order valence-corrected chi connectivity index (χ3v) is 18.4. The molecule has 0 spiro atoms. The summed E-state index contributed by atoms with van der Waals surface area (Å²) in [5.74, 6) is -9.12. The van der Waals surface area contributed by atoms with E-state index in [0.29, 0.717) is 15.0 Å². The zero-order valence-corrected chi connectivity index (χ0v) is 39.6. The van der Waals surface area contributed by atoms with Crippen LogP contribution >= 0.6 is 8.58 Å². The molecule has 15 atom stereocenters. The standard InChI is InChI=1S/C41H73FN3O11PSi/c1-16-28-41(11)30(29(36(48)55-41)35(43)44-51-22-57-15)25(7)31(46)23(5)21-39(9,50-14)34(26(8)33(47)40(10,42)38(49)53-28)54-37-32(56-58(17-2,18-3)19-4)27(45(12)13)20-24(6)52-37/h23-30,32,34,37,57H,16-22H2,1-15H3,(H2,43,44)/t23-,24-,25-,26+,27+,28+,29-,30+,32-,34-,37?,39-,40+,41+/m1/s1. The molecule has 3 saturated heterocycles. The predicted molar refractivity (Wildman–Crippen MR) is 224 cm³/mol. The van der Waals surface area contributed by atoms with Gasteiger partial charge in [0.2, 0.25) is 0 Å². The summed E-state index contributed by atoms with van der Waals surface area (Å²) in [6.07, 6.45) is -3.41. The summed E-state index contributed by atoms with van der Waals surface area (Å²) in [7, 11) is 3.51. The molecule has 3 heterocycles. The molecule has 0 aromatic carbocycles. The Balaban J connectivity index is 2.26. The number of rotatable bonds is 14. The van der Waals surface area contributed by atoms with E-state index in [1.54, 1.807) is 34.6 Å². The molecular weight excluding hydrogens is 789 g/mol. The van der Waals surface area contributed by atoms with Crippen LogP contribution in [0.15, 0.2) is 5.16 Å². The number of nitrogens with zero attached hydrogens (tertiary/aromatic N) is 2. The molecule has 58 heavy (non-hydrogen) atoms. The van der Waals surface area contributed by atoms with Crippen LogP contribution in [-0.2, 0) is 52.1 Å². The average Bonchev–Trinajstić information content (AvgIpc) is 3.46. The highest BCUT2D eigenvalue weighted by Gasteiger charge is 2.64. The van der Waals surface area contributed by atoms with E-state index in [4.69, 9.17) is 38.7 Å². The molecule has 3 aliphatic heterocycles. The lowest BCUT2D eigenvalue weighted by atomic mass is 9.67. The fourth-order valence-electron chi connectivity index (χ4n) is 9.57. The van der Waals surface area contributed by atoms with Crippen molar-refractivity contribution in [3.63, 3.8) is 0 Å². The van der Waals surface area contributed by atoms with Crippen molar-refractivity contribution >= 4 is 46.2 Å². The minimum absolute atomic E-state index is 0.00903. The second-order valence-electron chi connectivity index (χ2n) is 17.5. The average molecular weight is 862 g/mol. The van der Waals surface area contributed by atoms with Gasteiger partial charge in [-0.1, -0.05) is 62.2 Å². The van der Waals surface area contributed by atoms with Gasteiger partial charge in [-0.25, -0.2) is 9.18 Å². The monoisotopic (exact) mass is 861 g/mol. The van der Waals surface area contributed by atoms with E-state index in [-0.39, 0.29) is 43.0 Å². The molecule has 334 valence electrons. The summed E-state index contributed by atoms with van der Waals surface area (Å²) in [4.78, 5) is 64.5. The smallest absolute Gasteiger partial charge is 0.351 e. The first-order chi connectivity index (χ1) is 27.0. The van der Waals surface area contributed by atoms with Gasteiger partial charge >= 0.3 is 11.9 Å². The number of halogens is 1. The Labute approximate surface area is 348 Å². The number of cyclic esters (lactones) is 1. The maximum absolute atomic E-state index is 17.1. The Bertz CT molecular complexity index is 1480. The van der Waals surface area contributed by atoms with Gasteiger partial charge in [-0.15, -0.1) is 0 Å². The van der Waals surface area contributed by atoms with Crippen LogP contribution in [0, 0.1) is 29.6 Å². The largest absolute Gasteiger partial charge is 0.455 e. The minimum Gasteiger partial charge on any atom is -0.455 e. The van der Waals surface area contributed by atoms with Crippen molar-refractivity contribution in [2.75, 3.05) is 34.2 Å². The number of amidine groups is 1. The van der Waals surface area contributed by atoms with Crippen molar-refractivity contribution < 1.29 is 56.5 Å². The van der Waals surface area contributed by atoms with Gasteiger partial charge in [0.05, 0.1) is 17.8 Å². The molecule has 2 unspecified atom stereocenters. The number of carbonyl (C=O) groups is 4. The summed E-state index contributed by atoms with van der Waals surface area (Å²) in [6.45, 7) is 21.0. The van der Waals surface area contributed by atoms with Crippen LogP contribution in [0.25, 0.3) is 0 Å². The molecule has 0 aromatic rings. The summed E-state index contributed by atoms with van der Waals surface area (Å²) in [5, 5.41) is 4.00. The molecule has 0 aliphatic carbocycles. The van der Waals surface area contributed by atoms with Crippen molar-refractivity contribution in [2.45, 2.75) is 167 Å². The Morgan fingerprint density at radius 3 is 2.14 bits per heavy atom. The molecule has 3 aliphatic rings. The zero-order chi connectivity index (χ0) is 44.1. The van der Waals surface area contributed by atoms with Gasteiger partial charge in [0.1, 0.15) is 30.3 Å².